The fraction of sp³-hybridized carbons (Fsp3) is 0.409. The Morgan fingerprint density at radius 3 is 2.86 bits per heavy atom. The highest BCUT2D eigenvalue weighted by molar-refractivity contribution is 7.89. The molecule has 1 aromatic heterocycles. The first-order valence-electron chi connectivity index (χ1n) is 9.95. The quantitative estimate of drug-likeness (QED) is 0.634. The summed E-state index contributed by atoms with van der Waals surface area (Å²) in [7, 11) is -3.11. The van der Waals surface area contributed by atoms with Gasteiger partial charge in [0.2, 0.25) is 0 Å². The van der Waals surface area contributed by atoms with Crippen LogP contribution in [-0.2, 0) is 28.6 Å². The predicted octanol–water partition coefficient (Wildman–Crippen LogP) is 4.22. The van der Waals surface area contributed by atoms with Gasteiger partial charge >= 0.3 is 0 Å². The van der Waals surface area contributed by atoms with Crippen LogP contribution in [0.5, 0.6) is 0 Å². The van der Waals surface area contributed by atoms with Gasteiger partial charge in [-0.3, -0.25) is 10.00 Å². The van der Waals surface area contributed by atoms with E-state index in [-0.39, 0.29) is 5.75 Å². The number of halogens is 1. The molecule has 0 amide bonds. The summed E-state index contributed by atoms with van der Waals surface area (Å²) < 4.78 is 23.3. The van der Waals surface area contributed by atoms with Gasteiger partial charge in [0.25, 0.3) is 0 Å². The highest BCUT2D eigenvalue weighted by Crippen LogP contribution is 2.25. The molecule has 29 heavy (non-hydrogen) atoms. The number of benzene rings is 2. The average molecular weight is 432 g/mol. The van der Waals surface area contributed by atoms with E-state index < -0.39 is 9.84 Å². The van der Waals surface area contributed by atoms with Gasteiger partial charge in [-0.15, -0.1) is 0 Å². The van der Waals surface area contributed by atoms with Crippen molar-refractivity contribution in [2.24, 2.45) is 5.92 Å². The van der Waals surface area contributed by atoms with Crippen LogP contribution >= 0.6 is 11.6 Å². The van der Waals surface area contributed by atoms with E-state index >= 15 is 0 Å². The molecule has 1 N–H and O–H groups in total. The monoisotopic (exact) mass is 431 g/mol. The minimum atomic E-state index is -3.11. The molecule has 0 aliphatic carbocycles. The Hall–Kier alpha value is -1.89. The molecule has 0 radical (unpaired) electrons. The maximum Gasteiger partial charge on any atom is 0.151 e. The first-order chi connectivity index (χ1) is 13.9. The van der Waals surface area contributed by atoms with Crippen LogP contribution in [0.2, 0.25) is 5.02 Å². The van der Waals surface area contributed by atoms with Crippen LogP contribution in [0.4, 0.5) is 0 Å². The molecule has 2 heterocycles. The number of hydrogen-bond acceptors (Lipinski definition) is 4. The summed E-state index contributed by atoms with van der Waals surface area (Å²) in [5.41, 5.74) is 4.24. The van der Waals surface area contributed by atoms with Gasteiger partial charge in [0, 0.05) is 29.8 Å². The Morgan fingerprint density at radius 1 is 1.21 bits per heavy atom. The first-order valence-corrected chi connectivity index (χ1v) is 12.4. The van der Waals surface area contributed by atoms with Gasteiger partial charge in [0.1, 0.15) is 0 Å². The standard InChI is InChI=1S/C22H26ClN3O2S/c1-29(27,28)15-20-11-18(4-6-21(20)23)14-26-8-2-3-17(13-26)9-16-5-7-22-19(10-16)12-24-25-22/h4-7,10-12,17H,2-3,8-9,13-15H2,1H3,(H,24,25)/t17-/m0/s1. The van der Waals surface area contributed by atoms with Gasteiger partial charge < -0.3 is 0 Å². The average Bonchev–Trinajstić information content (AvgIpc) is 3.11. The molecule has 154 valence electrons. The molecule has 2 aromatic carbocycles. The fourth-order valence-corrected chi connectivity index (χ4v) is 5.36. The zero-order valence-corrected chi connectivity index (χ0v) is 18.1. The zero-order valence-electron chi connectivity index (χ0n) is 16.6. The van der Waals surface area contributed by atoms with Crippen LogP contribution in [0.3, 0.4) is 0 Å². The number of fused-ring (bicyclic) bond motifs is 1. The van der Waals surface area contributed by atoms with Gasteiger partial charge in [0.15, 0.2) is 9.84 Å². The summed E-state index contributed by atoms with van der Waals surface area (Å²) in [6.45, 7) is 2.94. The number of H-pyrrole nitrogens is 1. The molecule has 0 saturated carbocycles. The summed E-state index contributed by atoms with van der Waals surface area (Å²) in [6, 6.07) is 12.3. The number of rotatable bonds is 6. The number of aromatic nitrogens is 2. The van der Waals surface area contributed by atoms with E-state index in [2.05, 4.69) is 33.3 Å². The second kappa shape index (κ2) is 8.46. The second-order valence-electron chi connectivity index (χ2n) is 8.23. The molecule has 1 saturated heterocycles. The third kappa shape index (κ3) is 5.38. The molecule has 3 aromatic rings. The molecule has 1 aliphatic rings. The lowest BCUT2D eigenvalue weighted by Gasteiger charge is -2.33. The number of aromatic amines is 1. The largest absolute Gasteiger partial charge is 0.299 e. The lowest BCUT2D eigenvalue weighted by molar-refractivity contribution is 0.167. The van der Waals surface area contributed by atoms with Crippen molar-refractivity contribution in [1.29, 1.82) is 0 Å². The van der Waals surface area contributed by atoms with E-state index in [0.717, 1.165) is 42.5 Å². The van der Waals surface area contributed by atoms with Crippen molar-refractivity contribution in [3.8, 4) is 0 Å². The molecule has 4 rings (SSSR count). The van der Waals surface area contributed by atoms with Gasteiger partial charge in [0.05, 0.1) is 17.5 Å². The number of nitrogens with zero attached hydrogens (tertiary/aromatic N) is 2. The lowest BCUT2D eigenvalue weighted by atomic mass is 9.90. The van der Waals surface area contributed by atoms with Gasteiger partial charge in [-0.2, -0.15) is 5.10 Å². The fourth-order valence-electron chi connectivity index (χ4n) is 4.29. The van der Waals surface area contributed by atoms with E-state index in [4.69, 9.17) is 11.6 Å². The SMILES string of the molecule is CS(=O)(=O)Cc1cc(CN2CCC[C@@H](Cc3ccc4[nH]ncc4c3)C2)ccc1Cl. The van der Waals surface area contributed by atoms with Crippen LogP contribution in [0, 0.1) is 5.92 Å². The molecule has 0 spiro atoms. The summed E-state index contributed by atoms with van der Waals surface area (Å²) in [5.74, 6) is 0.606. The number of hydrogen-bond donors (Lipinski definition) is 1. The van der Waals surface area contributed by atoms with Crippen LogP contribution in [-0.4, -0.2) is 42.9 Å². The van der Waals surface area contributed by atoms with Crippen LogP contribution < -0.4 is 0 Å². The van der Waals surface area contributed by atoms with Crippen molar-refractivity contribution in [2.45, 2.75) is 31.6 Å². The van der Waals surface area contributed by atoms with Gasteiger partial charge in [-0.1, -0.05) is 29.8 Å². The van der Waals surface area contributed by atoms with E-state index in [9.17, 15) is 8.42 Å². The second-order valence-corrected chi connectivity index (χ2v) is 10.8. The van der Waals surface area contributed by atoms with E-state index in [0.29, 0.717) is 16.5 Å². The molecular weight excluding hydrogens is 406 g/mol. The molecule has 0 bridgehead atoms. The highest BCUT2D eigenvalue weighted by atomic mass is 35.5. The number of likely N-dealkylation sites (tertiary alicyclic amines) is 1. The highest BCUT2D eigenvalue weighted by Gasteiger charge is 2.21. The number of sulfone groups is 1. The summed E-state index contributed by atoms with van der Waals surface area (Å²) >= 11 is 6.21. The molecule has 1 aliphatic heterocycles. The minimum Gasteiger partial charge on any atom is -0.299 e. The topological polar surface area (TPSA) is 66.1 Å². The Labute approximate surface area is 177 Å². The van der Waals surface area contributed by atoms with Gasteiger partial charge in [-0.05, 0) is 66.6 Å². The van der Waals surface area contributed by atoms with Crippen molar-refractivity contribution in [1.82, 2.24) is 15.1 Å². The third-order valence-electron chi connectivity index (χ3n) is 5.57. The number of piperidine rings is 1. The van der Waals surface area contributed by atoms with E-state index in [1.54, 1.807) is 0 Å². The molecule has 5 nitrogen and oxygen atoms in total. The van der Waals surface area contributed by atoms with Crippen molar-refractivity contribution < 1.29 is 8.42 Å². The van der Waals surface area contributed by atoms with E-state index in [1.807, 2.05) is 24.4 Å². The summed E-state index contributed by atoms with van der Waals surface area (Å²) in [4.78, 5) is 2.47. The first kappa shape index (κ1) is 20.4. The molecule has 1 fully saturated rings. The molecule has 7 heteroatoms. The van der Waals surface area contributed by atoms with Crippen molar-refractivity contribution in [3.63, 3.8) is 0 Å². The Balaban J connectivity index is 1.41. The number of nitrogens with one attached hydrogen (secondary N) is 1. The minimum absolute atomic E-state index is 0.0151. The van der Waals surface area contributed by atoms with Crippen molar-refractivity contribution in [3.05, 3.63) is 64.3 Å². The molecule has 1 atom stereocenters. The maximum absolute atomic E-state index is 11.7. The zero-order chi connectivity index (χ0) is 20.4. The Kier molecular flexibility index (Phi) is 5.95. The van der Waals surface area contributed by atoms with Crippen LogP contribution in [0.25, 0.3) is 10.9 Å². The Bertz CT molecular complexity index is 1110. The lowest BCUT2D eigenvalue weighted by Crippen LogP contribution is -2.35. The predicted molar refractivity (Wildman–Crippen MR) is 118 cm³/mol. The van der Waals surface area contributed by atoms with Crippen LogP contribution in [0.1, 0.15) is 29.5 Å². The smallest absolute Gasteiger partial charge is 0.151 e. The molecule has 0 unspecified atom stereocenters. The summed E-state index contributed by atoms with van der Waals surface area (Å²) in [6.07, 6.45) is 6.60. The van der Waals surface area contributed by atoms with E-state index in [1.165, 1.54) is 24.7 Å². The molecular formula is C22H26ClN3O2S. The van der Waals surface area contributed by atoms with Crippen molar-refractivity contribution >= 4 is 32.3 Å². The van der Waals surface area contributed by atoms with Crippen molar-refractivity contribution in [2.75, 3.05) is 19.3 Å². The Morgan fingerprint density at radius 2 is 2.03 bits per heavy atom. The maximum atomic E-state index is 11.7. The van der Waals surface area contributed by atoms with Gasteiger partial charge in [-0.25, -0.2) is 8.42 Å². The van der Waals surface area contributed by atoms with Crippen LogP contribution in [0.15, 0.2) is 42.6 Å². The summed E-state index contributed by atoms with van der Waals surface area (Å²) in [5, 5.41) is 8.79. The third-order valence-corrected chi connectivity index (χ3v) is 6.77. The normalized spacial score (nSPS) is 18.3.